The minimum atomic E-state index is -3.22. The summed E-state index contributed by atoms with van der Waals surface area (Å²) in [4.78, 5) is 7.88. The first-order valence-electron chi connectivity index (χ1n) is 4.12. The zero-order valence-electron chi connectivity index (χ0n) is 8.24. The maximum Gasteiger partial charge on any atom is 0.157 e. The second kappa shape index (κ2) is 4.63. The molecule has 1 aromatic heterocycles. The highest BCUT2D eigenvalue weighted by Gasteiger charge is 2.21. The highest BCUT2D eigenvalue weighted by atomic mass is 35.5. The minimum absolute atomic E-state index is 0.172. The molecule has 0 bridgehead atoms. The Morgan fingerprint density at radius 1 is 1.47 bits per heavy atom. The number of aromatic nitrogens is 2. The van der Waals surface area contributed by atoms with Crippen LogP contribution in [-0.2, 0) is 15.7 Å². The smallest absolute Gasteiger partial charge is 0.157 e. The van der Waals surface area contributed by atoms with Gasteiger partial charge in [0.25, 0.3) is 0 Å². The lowest BCUT2D eigenvalue weighted by atomic mass is 10.4. The molecule has 1 aromatic rings. The summed E-state index contributed by atoms with van der Waals surface area (Å²) < 4.78 is 22.6. The Morgan fingerprint density at radius 2 is 2.07 bits per heavy atom. The van der Waals surface area contributed by atoms with E-state index in [4.69, 9.17) is 23.2 Å². The number of halogens is 2. The van der Waals surface area contributed by atoms with Crippen LogP contribution in [-0.4, -0.2) is 24.6 Å². The molecule has 15 heavy (non-hydrogen) atoms. The van der Waals surface area contributed by atoms with Gasteiger partial charge in [0.2, 0.25) is 0 Å². The molecule has 1 heterocycles. The second-order valence-electron chi connectivity index (χ2n) is 3.15. The molecule has 0 aromatic carbocycles. The summed E-state index contributed by atoms with van der Waals surface area (Å²) in [6.45, 7) is 1.51. The summed E-state index contributed by atoms with van der Waals surface area (Å²) in [5.74, 6) is 0.354. The van der Waals surface area contributed by atoms with Gasteiger partial charge in [-0.3, -0.25) is 0 Å². The van der Waals surface area contributed by atoms with E-state index in [9.17, 15) is 8.42 Å². The van der Waals surface area contributed by atoms with Crippen molar-refractivity contribution in [1.29, 1.82) is 0 Å². The molecular weight excluding hydrogens is 259 g/mol. The molecule has 0 saturated carbocycles. The third-order valence-electron chi connectivity index (χ3n) is 1.91. The van der Waals surface area contributed by atoms with Crippen LogP contribution in [0.3, 0.4) is 0 Å². The third-order valence-corrected chi connectivity index (χ3v) is 3.87. The monoisotopic (exact) mass is 268 g/mol. The molecule has 0 aliphatic rings. The maximum absolute atomic E-state index is 11.3. The predicted octanol–water partition coefficient (Wildman–Crippen LogP) is 1.97. The van der Waals surface area contributed by atoms with Gasteiger partial charge in [-0.1, -0.05) is 11.6 Å². The van der Waals surface area contributed by atoms with Crippen molar-refractivity contribution >= 4 is 33.0 Å². The lowest BCUT2D eigenvalue weighted by Gasteiger charge is -2.08. The number of alkyl halides is 1. The Morgan fingerprint density at radius 3 is 2.53 bits per heavy atom. The fourth-order valence-electron chi connectivity index (χ4n) is 0.925. The van der Waals surface area contributed by atoms with E-state index in [1.807, 2.05) is 0 Å². The molecule has 1 atom stereocenters. The fourth-order valence-corrected chi connectivity index (χ4v) is 1.76. The van der Waals surface area contributed by atoms with Crippen LogP contribution in [0.1, 0.15) is 23.7 Å². The van der Waals surface area contributed by atoms with Crippen molar-refractivity contribution in [2.45, 2.75) is 18.1 Å². The van der Waals surface area contributed by atoms with Crippen LogP contribution in [0.5, 0.6) is 0 Å². The lowest BCUT2D eigenvalue weighted by Crippen LogP contribution is -2.12. The van der Waals surface area contributed by atoms with Crippen molar-refractivity contribution in [2.75, 3.05) is 6.26 Å². The molecule has 0 spiro atoms. The van der Waals surface area contributed by atoms with Crippen LogP contribution in [0.25, 0.3) is 0 Å². The molecule has 7 heteroatoms. The normalized spacial score (nSPS) is 13.9. The van der Waals surface area contributed by atoms with E-state index >= 15 is 0 Å². The first-order valence-corrected chi connectivity index (χ1v) is 6.99. The molecule has 0 saturated heterocycles. The molecule has 1 rings (SSSR count). The molecule has 0 radical (unpaired) electrons. The summed E-state index contributed by atoms with van der Waals surface area (Å²) in [7, 11) is -3.22. The average Bonchev–Trinajstić information content (AvgIpc) is 2.14. The SMILES string of the molecule is CC(c1nc(Cl)cc(CCl)n1)S(C)(=O)=O. The quantitative estimate of drug-likeness (QED) is 0.621. The van der Waals surface area contributed by atoms with Crippen LogP contribution in [0.2, 0.25) is 5.15 Å². The van der Waals surface area contributed by atoms with Gasteiger partial charge >= 0.3 is 0 Å². The largest absolute Gasteiger partial charge is 0.235 e. The molecule has 1 unspecified atom stereocenters. The Labute approximate surface area is 98.6 Å². The zero-order chi connectivity index (χ0) is 11.6. The van der Waals surface area contributed by atoms with E-state index in [2.05, 4.69) is 9.97 Å². The van der Waals surface area contributed by atoms with Gasteiger partial charge < -0.3 is 0 Å². The Kier molecular flexibility index (Phi) is 3.92. The summed E-state index contributed by atoms with van der Waals surface area (Å²) in [6, 6.07) is 1.51. The third kappa shape index (κ3) is 3.29. The zero-order valence-corrected chi connectivity index (χ0v) is 10.6. The van der Waals surface area contributed by atoms with Crippen LogP contribution < -0.4 is 0 Å². The summed E-state index contributed by atoms with van der Waals surface area (Å²) in [5.41, 5.74) is 0.516. The van der Waals surface area contributed by atoms with Gasteiger partial charge in [0.1, 0.15) is 16.2 Å². The topological polar surface area (TPSA) is 59.9 Å². The predicted molar refractivity (Wildman–Crippen MR) is 59.9 cm³/mol. The highest BCUT2D eigenvalue weighted by molar-refractivity contribution is 7.90. The second-order valence-corrected chi connectivity index (χ2v) is 6.17. The van der Waals surface area contributed by atoms with Gasteiger partial charge in [-0.15, -0.1) is 11.6 Å². The Balaban J connectivity index is 3.20. The van der Waals surface area contributed by atoms with Crippen molar-refractivity contribution in [3.8, 4) is 0 Å². The van der Waals surface area contributed by atoms with E-state index in [1.165, 1.54) is 13.0 Å². The van der Waals surface area contributed by atoms with Gasteiger partial charge in [0.05, 0.1) is 11.6 Å². The molecule has 4 nitrogen and oxygen atoms in total. The molecule has 0 aliphatic heterocycles. The average molecular weight is 269 g/mol. The molecular formula is C8H10Cl2N2O2S. The molecule has 0 N–H and O–H groups in total. The number of hydrogen-bond acceptors (Lipinski definition) is 4. The van der Waals surface area contributed by atoms with Crippen LogP contribution in [0, 0.1) is 0 Å². The Hall–Kier alpha value is -0.390. The standard InChI is InChI=1S/C8H10Cl2N2O2S/c1-5(15(2,13)14)8-11-6(4-9)3-7(10)12-8/h3,5H,4H2,1-2H3. The van der Waals surface area contributed by atoms with Gasteiger partial charge in [0, 0.05) is 6.26 Å². The number of sulfone groups is 1. The van der Waals surface area contributed by atoms with Crippen molar-refractivity contribution in [1.82, 2.24) is 9.97 Å². The summed E-state index contributed by atoms with van der Waals surface area (Å²) in [5, 5.41) is -0.579. The van der Waals surface area contributed by atoms with E-state index < -0.39 is 15.1 Å². The van der Waals surface area contributed by atoms with Crippen molar-refractivity contribution in [3.63, 3.8) is 0 Å². The van der Waals surface area contributed by atoms with E-state index in [-0.39, 0.29) is 16.9 Å². The number of nitrogens with zero attached hydrogens (tertiary/aromatic N) is 2. The van der Waals surface area contributed by atoms with Crippen molar-refractivity contribution < 1.29 is 8.42 Å². The van der Waals surface area contributed by atoms with Gasteiger partial charge in [-0.25, -0.2) is 18.4 Å². The number of rotatable bonds is 3. The molecule has 84 valence electrons. The maximum atomic E-state index is 11.3. The van der Waals surface area contributed by atoms with Gasteiger partial charge in [0.15, 0.2) is 9.84 Å². The molecule has 0 aliphatic carbocycles. The first-order chi connectivity index (χ1) is 6.84. The van der Waals surface area contributed by atoms with Crippen LogP contribution in [0.4, 0.5) is 0 Å². The molecule has 0 amide bonds. The summed E-state index contributed by atoms with van der Waals surface area (Å²) in [6.07, 6.45) is 1.13. The van der Waals surface area contributed by atoms with E-state index in [1.54, 1.807) is 0 Å². The Bertz CT molecular complexity index is 462. The van der Waals surface area contributed by atoms with Crippen LogP contribution in [0.15, 0.2) is 6.07 Å². The molecule has 0 fully saturated rings. The fraction of sp³-hybridized carbons (Fsp3) is 0.500. The van der Waals surface area contributed by atoms with Crippen LogP contribution >= 0.6 is 23.2 Å². The van der Waals surface area contributed by atoms with Crippen molar-refractivity contribution in [3.05, 3.63) is 22.7 Å². The lowest BCUT2D eigenvalue weighted by molar-refractivity contribution is 0.589. The van der Waals surface area contributed by atoms with Gasteiger partial charge in [-0.05, 0) is 13.0 Å². The highest BCUT2D eigenvalue weighted by Crippen LogP contribution is 2.19. The van der Waals surface area contributed by atoms with Gasteiger partial charge in [-0.2, -0.15) is 0 Å². The first kappa shape index (κ1) is 12.7. The van der Waals surface area contributed by atoms with Crippen molar-refractivity contribution in [2.24, 2.45) is 0 Å². The summed E-state index contributed by atoms with van der Waals surface area (Å²) >= 11 is 11.3. The minimum Gasteiger partial charge on any atom is -0.235 e. The van der Waals surface area contributed by atoms with E-state index in [0.29, 0.717) is 5.69 Å². The number of hydrogen-bond donors (Lipinski definition) is 0. The van der Waals surface area contributed by atoms with E-state index in [0.717, 1.165) is 6.26 Å².